The summed E-state index contributed by atoms with van der Waals surface area (Å²) in [5.74, 6) is 0.764. The molecule has 0 unspecified atom stereocenters. The minimum absolute atomic E-state index is 0.0424. The molecule has 6 heteroatoms. The van der Waals surface area contributed by atoms with E-state index in [9.17, 15) is 4.79 Å². The van der Waals surface area contributed by atoms with Gasteiger partial charge in [-0.05, 0) is 57.4 Å². The zero-order valence-corrected chi connectivity index (χ0v) is 17.6. The van der Waals surface area contributed by atoms with Crippen LogP contribution in [0, 0.1) is 0 Å². The third-order valence-electron chi connectivity index (χ3n) is 4.64. The lowest BCUT2D eigenvalue weighted by atomic mass is 10.2. The standard InChI is InChI=1S/C23H15BrN2O2S/c24-17-12-16(10-11-20(17)28-14-15-6-2-1-3-7-15)13-21-22(27)26-19-9-5-4-8-18(19)25-23(26)29-21/h1-13H,14H2. The van der Waals surface area contributed by atoms with Gasteiger partial charge < -0.3 is 4.74 Å². The smallest absolute Gasteiger partial charge is 0.274 e. The van der Waals surface area contributed by atoms with Crippen LogP contribution in [-0.2, 0) is 6.61 Å². The number of halogens is 1. The van der Waals surface area contributed by atoms with Gasteiger partial charge in [0.05, 0.1) is 20.0 Å². The van der Waals surface area contributed by atoms with Crippen molar-refractivity contribution < 1.29 is 4.74 Å². The molecule has 0 spiro atoms. The summed E-state index contributed by atoms with van der Waals surface area (Å²) in [6.07, 6.45) is 1.89. The number of para-hydroxylation sites is 2. The lowest BCUT2D eigenvalue weighted by Crippen LogP contribution is -2.22. The van der Waals surface area contributed by atoms with Gasteiger partial charge in [0.15, 0.2) is 4.96 Å². The molecule has 2 aromatic heterocycles. The first-order valence-electron chi connectivity index (χ1n) is 9.07. The van der Waals surface area contributed by atoms with Gasteiger partial charge in [-0.25, -0.2) is 9.38 Å². The molecule has 0 aliphatic carbocycles. The number of aromatic nitrogens is 2. The molecular weight excluding hydrogens is 448 g/mol. The Balaban J connectivity index is 1.47. The zero-order valence-electron chi connectivity index (χ0n) is 15.2. The van der Waals surface area contributed by atoms with Gasteiger partial charge in [-0.15, -0.1) is 0 Å². The molecule has 0 saturated heterocycles. The van der Waals surface area contributed by atoms with Gasteiger partial charge >= 0.3 is 0 Å². The number of hydrogen-bond acceptors (Lipinski definition) is 4. The summed E-state index contributed by atoms with van der Waals surface area (Å²) in [4.78, 5) is 18.2. The number of imidazole rings is 1. The number of benzene rings is 3. The second kappa shape index (κ2) is 7.46. The number of ether oxygens (including phenoxy) is 1. The predicted molar refractivity (Wildman–Crippen MR) is 121 cm³/mol. The van der Waals surface area contributed by atoms with Gasteiger partial charge in [0, 0.05) is 0 Å². The van der Waals surface area contributed by atoms with Crippen molar-refractivity contribution in [1.29, 1.82) is 0 Å². The molecule has 142 valence electrons. The fourth-order valence-corrected chi connectivity index (χ4v) is 4.72. The second-order valence-corrected chi connectivity index (χ2v) is 8.46. The molecule has 0 amide bonds. The first-order valence-corrected chi connectivity index (χ1v) is 10.7. The number of hydrogen-bond donors (Lipinski definition) is 0. The van der Waals surface area contributed by atoms with E-state index in [-0.39, 0.29) is 5.56 Å². The normalized spacial score (nSPS) is 12.1. The average molecular weight is 463 g/mol. The van der Waals surface area contributed by atoms with Crippen molar-refractivity contribution in [3.63, 3.8) is 0 Å². The van der Waals surface area contributed by atoms with E-state index in [4.69, 9.17) is 4.74 Å². The molecule has 0 atom stereocenters. The van der Waals surface area contributed by atoms with Crippen molar-refractivity contribution in [2.24, 2.45) is 0 Å². The largest absolute Gasteiger partial charge is 0.488 e. The summed E-state index contributed by atoms with van der Waals surface area (Å²) in [5.41, 5.74) is 3.67. The van der Waals surface area contributed by atoms with E-state index < -0.39 is 0 Å². The van der Waals surface area contributed by atoms with Crippen LogP contribution in [0.25, 0.3) is 22.1 Å². The summed E-state index contributed by atoms with van der Waals surface area (Å²) >= 11 is 4.97. The molecule has 5 aromatic rings. The molecule has 0 N–H and O–H groups in total. The third-order valence-corrected chi connectivity index (χ3v) is 6.22. The fourth-order valence-electron chi connectivity index (χ4n) is 3.22. The maximum atomic E-state index is 12.9. The Kier molecular flexibility index (Phi) is 4.66. The summed E-state index contributed by atoms with van der Waals surface area (Å²) in [7, 11) is 0. The van der Waals surface area contributed by atoms with E-state index in [0.717, 1.165) is 32.4 Å². The molecule has 0 fully saturated rings. The first-order chi connectivity index (χ1) is 14.2. The highest BCUT2D eigenvalue weighted by atomic mass is 79.9. The van der Waals surface area contributed by atoms with Crippen LogP contribution in [0.1, 0.15) is 11.1 Å². The van der Waals surface area contributed by atoms with Crippen molar-refractivity contribution >= 4 is 49.3 Å². The fraction of sp³-hybridized carbons (Fsp3) is 0.0435. The molecule has 5 rings (SSSR count). The van der Waals surface area contributed by atoms with Gasteiger partial charge in [-0.3, -0.25) is 4.79 Å². The van der Waals surface area contributed by atoms with Crippen LogP contribution in [0.3, 0.4) is 0 Å². The number of thiazole rings is 1. The Morgan fingerprint density at radius 2 is 1.83 bits per heavy atom. The molecule has 0 aliphatic heterocycles. The minimum atomic E-state index is -0.0424. The molecule has 0 radical (unpaired) electrons. The maximum Gasteiger partial charge on any atom is 0.274 e. The highest BCUT2D eigenvalue weighted by Gasteiger charge is 2.10. The van der Waals surface area contributed by atoms with E-state index in [0.29, 0.717) is 16.1 Å². The summed E-state index contributed by atoms with van der Waals surface area (Å²) in [5, 5.41) is 0. The van der Waals surface area contributed by atoms with Gasteiger partial charge in [0.2, 0.25) is 0 Å². The lowest BCUT2D eigenvalue weighted by molar-refractivity contribution is 0.304. The number of fused-ring (bicyclic) bond motifs is 3. The summed E-state index contributed by atoms with van der Waals surface area (Å²) < 4.78 is 9.08. The van der Waals surface area contributed by atoms with Gasteiger partial charge in [0.1, 0.15) is 12.4 Å². The molecular formula is C23H15BrN2O2S. The van der Waals surface area contributed by atoms with Crippen LogP contribution in [0.4, 0.5) is 0 Å². The van der Waals surface area contributed by atoms with Crippen molar-refractivity contribution in [1.82, 2.24) is 9.38 Å². The highest BCUT2D eigenvalue weighted by Crippen LogP contribution is 2.27. The Bertz CT molecular complexity index is 1440. The molecule has 3 aromatic carbocycles. The van der Waals surface area contributed by atoms with E-state index in [1.54, 1.807) is 4.40 Å². The average Bonchev–Trinajstić information content (AvgIpc) is 3.24. The van der Waals surface area contributed by atoms with Gasteiger partial charge in [-0.2, -0.15) is 0 Å². The van der Waals surface area contributed by atoms with Crippen molar-refractivity contribution in [3.05, 3.63) is 103 Å². The van der Waals surface area contributed by atoms with Crippen molar-refractivity contribution in [2.45, 2.75) is 6.61 Å². The number of rotatable bonds is 4. The van der Waals surface area contributed by atoms with E-state index in [2.05, 4.69) is 20.9 Å². The third kappa shape index (κ3) is 3.45. The van der Waals surface area contributed by atoms with E-state index in [1.165, 1.54) is 11.3 Å². The van der Waals surface area contributed by atoms with Crippen molar-refractivity contribution in [3.8, 4) is 5.75 Å². The predicted octanol–water partition coefficient (Wildman–Crippen LogP) is 4.80. The topological polar surface area (TPSA) is 43.6 Å². The highest BCUT2D eigenvalue weighted by molar-refractivity contribution is 9.10. The van der Waals surface area contributed by atoms with Crippen molar-refractivity contribution in [2.75, 3.05) is 0 Å². The Labute approximate surface area is 178 Å². The van der Waals surface area contributed by atoms with Crippen LogP contribution in [0.5, 0.6) is 5.75 Å². The minimum Gasteiger partial charge on any atom is -0.488 e. The number of nitrogens with zero attached hydrogens (tertiary/aromatic N) is 2. The summed E-state index contributed by atoms with van der Waals surface area (Å²) in [6.45, 7) is 0.502. The lowest BCUT2D eigenvalue weighted by Gasteiger charge is -2.08. The molecule has 29 heavy (non-hydrogen) atoms. The quantitative estimate of drug-likeness (QED) is 0.385. The Hall–Kier alpha value is -2.96. The van der Waals surface area contributed by atoms with Gasteiger partial charge in [0.25, 0.3) is 5.56 Å². The second-order valence-electron chi connectivity index (χ2n) is 6.60. The summed E-state index contributed by atoms with van der Waals surface area (Å²) in [6, 6.07) is 23.5. The van der Waals surface area contributed by atoms with E-state index in [1.807, 2.05) is 78.9 Å². The monoisotopic (exact) mass is 462 g/mol. The van der Waals surface area contributed by atoms with Crippen LogP contribution >= 0.6 is 27.3 Å². The van der Waals surface area contributed by atoms with Gasteiger partial charge in [-0.1, -0.05) is 59.9 Å². The molecule has 2 heterocycles. The van der Waals surface area contributed by atoms with Crippen LogP contribution in [-0.4, -0.2) is 9.38 Å². The maximum absolute atomic E-state index is 12.9. The van der Waals surface area contributed by atoms with E-state index >= 15 is 0 Å². The Morgan fingerprint density at radius 1 is 1.03 bits per heavy atom. The molecule has 4 nitrogen and oxygen atoms in total. The van der Waals surface area contributed by atoms with Crippen LogP contribution in [0.2, 0.25) is 0 Å². The van der Waals surface area contributed by atoms with Crippen LogP contribution in [0.15, 0.2) is 82.1 Å². The Morgan fingerprint density at radius 3 is 2.66 bits per heavy atom. The SMILES string of the molecule is O=c1c(=Cc2ccc(OCc3ccccc3)c(Br)c2)sc2nc3ccccc3n12. The van der Waals surface area contributed by atoms with Crippen LogP contribution < -0.4 is 14.8 Å². The molecule has 0 aliphatic rings. The molecule has 0 bridgehead atoms. The first kappa shape index (κ1) is 18.1. The zero-order chi connectivity index (χ0) is 19.8. The molecule has 0 saturated carbocycles.